The van der Waals surface area contributed by atoms with Crippen molar-refractivity contribution in [3.63, 3.8) is 0 Å². The second-order valence-corrected chi connectivity index (χ2v) is 6.30. The molecule has 0 fully saturated rings. The maximum absolute atomic E-state index is 12.3. The Hall–Kier alpha value is -2.81. The third-order valence-electron chi connectivity index (χ3n) is 3.74. The molecule has 9 heteroatoms. The summed E-state index contributed by atoms with van der Waals surface area (Å²) in [6, 6.07) is 6.97. The summed E-state index contributed by atoms with van der Waals surface area (Å²) < 4.78 is 1.54. The Labute approximate surface area is 142 Å². The molecule has 3 rings (SSSR count). The van der Waals surface area contributed by atoms with Crippen LogP contribution in [0, 0.1) is 0 Å². The fourth-order valence-corrected chi connectivity index (χ4v) is 3.01. The number of carbonyl (C=O) groups is 1. The summed E-state index contributed by atoms with van der Waals surface area (Å²) in [7, 11) is 0. The summed E-state index contributed by atoms with van der Waals surface area (Å²) in [5.74, 6) is 0. The van der Waals surface area contributed by atoms with E-state index in [1.54, 1.807) is 23.0 Å². The zero-order valence-corrected chi connectivity index (χ0v) is 14.1. The maximum atomic E-state index is 12.3. The molecule has 1 atom stereocenters. The van der Waals surface area contributed by atoms with Gasteiger partial charge >= 0.3 is 6.03 Å². The molecule has 2 N–H and O–H groups in total. The molecule has 24 heavy (non-hydrogen) atoms. The highest BCUT2D eigenvalue weighted by Crippen LogP contribution is 2.26. The highest BCUT2D eigenvalue weighted by Gasteiger charge is 2.29. The number of hydrogen-bond acceptors (Lipinski definition) is 6. The first-order valence-corrected chi connectivity index (χ1v) is 8.31. The van der Waals surface area contributed by atoms with Gasteiger partial charge in [-0.15, -0.1) is 16.4 Å². The molecule has 0 spiro atoms. The smallest absolute Gasteiger partial charge is 0.320 e. The van der Waals surface area contributed by atoms with Crippen LogP contribution in [0.5, 0.6) is 0 Å². The van der Waals surface area contributed by atoms with Gasteiger partial charge in [-0.2, -0.15) is 0 Å². The summed E-state index contributed by atoms with van der Waals surface area (Å²) in [6.07, 6.45) is 3.99. The number of rotatable bonds is 5. The summed E-state index contributed by atoms with van der Waals surface area (Å²) in [6.45, 7) is 3.98. The van der Waals surface area contributed by atoms with E-state index >= 15 is 0 Å². The second-order valence-electron chi connectivity index (χ2n) is 5.40. The summed E-state index contributed by atoms with van der Waals surface area (Å²) in [4.78, 5) is 16.6. The number of tetrazole rings is 1. The Balaban J connectivity index is 1.66. The van der Waals surface area contributed by atoms with Crippen LogP contribution in [0.1, 0.15) is 25.3 Å². The molecule has 2 amide bonds. The zero-order valence-electron chi connectivity index (χ0n) is 13.3. The molecule has 124 valence electrons. The van der Waals surface area contributed by atoms with E-state index in [4.69, 9.17) is 0 Å². The van der Waals surface area contributed by atoms with E-state index in [0.717, 1.165) is 17.1 Å². The molecule has 0 aliphatic carbocycles. The van der Waals surface area contributed by atoms with Gasteiger partial charge in [-0.1, -0.05) is 6.92 Å². The van der Waals surface area contributed by atoms with Gasteiger partial charge < -0.3 is 10.6 Å². The SMILES string of the molecule is CCC(C)(NC(=O)Nc1ccc(-n2cnnn2)cc1)c1nccs1. The van der Waals surface area contributed by atoms with Gasteiger partial charge in [0.15, 0.2) is 0 Å². The minimum Gasteiger partial charge on any atom is -0.326 e. The molecule has 2 heterocycles. The highest BCUT2D eigenvalue weighted by molar-refractivity contribution is 7.09. The van der Waals surface area contributed by atoms with Crippen LogP contribution in [0.4, 0.5) is 10.5 Å². The molecule has 0 radical (unpaired) electrons. The number of nitrogens with one attached hydrogen (secondary N) is 2. The highest BCUT2D eigenvalue weighted by atomic mass is 32.1. The van der Waals surface area contributed by atoms with Crippen molar-refractivity contribution < 1.29 is 4.79 Å². The van der Waals surface area contributed by atoms with Gasteiger partial charge in [-0.25, -0.2) is 14.5 Å². The van der Waals surface area contributed by atoms with E-state index in [1.165, 1.54) is 17.7 Å². The predicted molar refractivity (Wildman–Crippen MR) is 91.1 cm³/mol. The molecule has 0 aliphatic rings. The zero-order chi connectivity index (χ0) is 17.0. The number of aromatic nitrogens is 5. The number of hydrogen-bond donors (Lipinski definition) is 2. The fourth-order valence-electron chi connectivity index (χ4n) is 2.18. The number of nitrogens with zero attached hydrogens (tertiary/aromatic N) is 5. The minimum absolute atomic E-state index is 0.273. The van der Waals surface area contributed by atoms with Crippen molar-refractivity contribution in [1.29, 1.82) is 0 Å². The van der Waals surface area contributed by atoms with E-state index in [-0.39, 0.29) is 6.03 Å². The lowest BCUT2D eigenvalue weighted by atomic mass is 10.0. The van der Waals surface area contributed by atoms with E-state index in [1.807, 2.05) is 31.4 Å². The molecular weight excluding hydrogens is 326 g/mol. The summed E-state index contributed by atoms with van der Waals surface area (Å²) >= 11 is 1.53. The van der Waals surface area contributed by atoms with Crippen LogP contribution < -0.4 is 10.6 Å². The van der Waals surface area contributed by atoms with E-state index in [9.17, 15) is 4.79 Å². The number of anilines is 1. The third kappa shape index (κ3) is 3.40. The molecular formula is C15H17N7OS. The lowest BCUT2D eigenvalue weighted by molar-refractivity contribution is 0.238. The van der Waals surface area contributed by atoms with Crippen molar-refractivity contribution in [3.8, 4) is 5.69 Å². The maximum Gasteiger partial charge on any atom is 0.320 e. The topological polar surface area (TPSA) is 97.6 Å². The minimum atomic E-state index is -0.495. The Morgan fingerprint density at radius 3 is 2.71 bits per heavy atom. The van der Waals surface area contributed by atoms with Crippen LogP contribution in [0.2, 0.25) is 0 Å². The average Bonchev–Trinajstić information content (AvgIpc) is 3.29. The van der Waals surface area contributed by atoms with E-state index < -0.39 is 5.54 Å². The van der Waals surface area contributed by atoms with E-state index in [2.05, 4.69) is 31.1 Å². The van der Waals surface area contributed by atoms with Crippen molar-refractivity contribution in [2.45, 2.75) is 25.8 Å². The lowest BCUT2D eigenvalue weighted by Gasteiger charge is -2.27. The molecule has 8 nitrogen and oxygen atoms in total. The summed E-state index contributed by atoms with van der Waals surface area (Å²) in [5.41, 5.74) is 0.999. The molecule has 0 aliphatic heterocycles. The van der Waals surface area contributed by atoms with Crippen molar-refractivity contribution in [1.82, 2.24) is 30.5 Å². The van der Waals surface area contributed by atoms with Crippen molar-refractivity contribution in [3.05, 3.63) is 47.2 Å². The van der Waals surface area contributed by atoms with Gasteiger partial charge in [-0.05, 0) is 48.0 Å². The quantitative estimate of drug-likeness (QED) is 0.742. The molecule has 1 unspecified atom stereocenters. The first-order valence-electron chi connectivity index (χ1n) is 7.43. The molecule has 2 aromatic heterocycles. The van der Waals surface area contributed by atoms with E-state index in [0.29, 0.717) is 5.69 Å². The predicted octanol–water partition coefficient (Wildman–Crippen LogP) is 2.57. The number of carbonyl (C=O) groups excluding carboxylic acids is 1. The number of amides is 2. The fraction of sp³-hybridized carbons (Fsp3) is 0.267. The lowest BCUT2D eigenvalue weighted by Crippen LogP contribution is -2.45. The standard InChI is InChI=1S/C15H17N7OS/c1-3-15(2,13-16-8-9-24-13)19-14(23)18-11-4-6-12(7-5-11)22-10-17-20-21-22/h4-10H,3H2,1-2H3,(H2,18,19,23). The van der Waals surface area contributed by atoms with Crippen LogP contribution in [0.15, 0.2) is 42.2 Å². The van der Waals surface area contributed by atoms with Crippen molar-refractivity contribution >= 4 is 23.1 Å². The molecule has 0 saturated heterocycles. The third-order valence-corrected chi connectivity index (χ3v) is 4.78. The van der Waals surface area contributed by atoms with Gasteiger partial charge in [0.1, 0.15) is 11.3 Å². The second kappa shape index (κ2) is 6.75. The van der Waals surface area contributed by atoms with Crippen LogP contribution in [0.3, 0.4) is 0 Å². The first kappa shape index (κ1) is 16.1. The van der Waals surface area contributed by atoms with Crippen molar-refractivity contribution in [2.24, 2.45) is 0 Å². The molecule has 1 aromatic carbocycles. The normalized spacial score (nSPS) is 13.2. The monoisotopic (exact) mass is 343 g/mol. The Morgan fingerprint density at radius 2 is 2.12 bits per heavy atom. The van der Waals surface area contributed by atoms with Gasteiger partial charge in [0, 0.05) is 17.3 Å². The van der Waals surface area contributed by atoms with Gasteiger partial charge in [0.05, 0.1) is 11.2 Å². The Morgan fingerprint density at radius 1 is 1.33 bits per heavy atom. The van der Waals surface area contributed by atoms with Crippen molar-refractivity contribution in [2.75, 3.05) is 5.32 Å². The van der Waals surface area contributed by atoms with Crippen LogP contribution in [-0.4, -0.2) is 31.2 Å². The Bertz CT molecular complexity index is 786. The average molecular weight is 343 g/mol. The largest absolute Gasteiger partial charge is 0.326 e. The molecule has 0 bridgehead atoms. The molecule has 0 saturated carbocycles. The van der Waals surface area contributed by atoms with Gasteiger partial charge in [0.2, 0.25) is 0 Å². The molecule has 3 aromatic rings. The summed E-state index contributed by atoms with van der Waals surface area (Å²) in [5, 5.41) is 19.6. The van der Waals surface area contributed by atoms with Crippen LogP contribution in [0.25, 0.3) is 5.69 Å². The first-order chi connectivity index (χ1) is 11.6. The van der Waals surface area contributed by atoms with Crippen LogP contribution in [-0.2, 0) is 5.54 Å². The van der Waals surface area contributed by atoms with Gasteiger partial charge in [0.25, 0.3) is 0 Å². The number of urea groups is 1. The number of thiazole rings is 1. The van der Waals surface area contributed by atoms with Crippen LogP contribution >= 0.6 is 11.3 Å². The Kier molecular flexibility index (Phi) is 4.52. The number of benzene rings is 1. The van der Waals surface area contributed by atoms with Gasteiger partial charge in [-0.3, -0.25) is 0 Å².